The molecule has 2 aliphatic rings. The van der Waals surface area contributed by atoms with E-state index < -0.39 is 8.07 Å². The van der Waals surface area contributed by atoms with Crippen LogP contribution in [0.2, 0.25) is 19.6 Å². The number of hydrogen-bond donors (Lipinski definition) is 0. The van der Waals surface area contributed by atoms with E-state index in [1.807, 2.05) is 0 Å². The largest absolute Gasteiger partial charge is 0.455 e. The third kappa shape index (κ3) is 6.36. The smallest absolute Gasteiger partial charge is 0.304 e. The second kappa shape index (κ2) is 14.0. The first-order valence-electron chi connectivity index (χ1n) is 22.8. The zero-order valence-corrected chi connectivity index (χ0v) is 40.0. The Kier molecular flexibility index (Phi) is 9.15. The summed E-state index contributed by atoms with van der Waals surface area (Å²) in [4.78, 5) is 0. The van der Waals surface area contributed by atoms with Crippen LogP contribution in [-0.2, 0) is 18.3 Å². The summed E-state index contributed by atoms with van der Waals surface area (Å²) >= 11 is 0. The molecule has 0 N–H and O–H groups in total. The second-order valence-corrected chi connectivity index (χ2v) is 27.0. The Balaban J connectivity index is 1.37. The van der Waals surface area contributed by atoms with Crippen molar-refractivity contribution in [3.63, 3.8) is 0 Å². The van der Waals surface area contributed by atoms with Crippen LogP contribution in [0.1, 0.15) is 98.9 Å². The third-order valence-corrected chi connectivity index (χ3v) is 15.9. The van der Waals surface area contributed by atoms with Gasteiger partial charge in [0.25, 0.3) is 0 Å². The average Bonchev–Trinajstić information content (AvgIpc) is 3.74. The van der Waals surface area contributed by atoms with Gasteiger partial charge in [-0.3, -0.25) is 0 Å². The first-order chi connectivity index (χ1) is 29.3. The fourth-order valence-electron chi connectivity index (χ4n) is 11.2. The van der Waals surface area contributed by atoms with Crippen LogP contribution in [0.15, 0.2) is 114 Å². The van der Waals surface area contributed by atoms with E-state index in [0.29, 0.717) is 0 Å². The molecule has 4 nitrogen and oxygen atoms in total. The van der Waals surface area contributed by atoms with E-state index in [9.17, 15) is 0 Å². The van der Waals surface area contributed by atoms with Crippen molar-refractivity contribution in [2.75, 3.05) is 0 Å². The lowest BCUT2D eigenvalue weighted by atomic mass is 9.75. The lowest BCUT2D eigenvalue weighted by Gasteiger charge is -2.34. The molecular weight excluding hydrogens is 771 g/mol. The van der Waals surface area contributed by atoms with Crippen LogP contribution in [0.5, 0.6) is 0 Å². The molecule has 0 bridgehead atoms. The van der Waals surface area contributed by atoms with Crippen LogP contribution < -0.4 is 14.3 Å². The molecule has 5 heterocycles. The quantitative estimate of drug-likeness (QED) is 0.129. The number of nitrogens with zero attached hydrogens (tertiary/aromatic N) is 3. The molecule has 0 fully saturated rings. The first kappa shape index (κ1) is 40.5. The third-order valence-electron chi connectivity index (χ3n) is 13.9. The fraction of sp³-hybridized carbons (Fsp3) is 0.333. The zero-order valence-electron chi connectivity index (χ0n) is 39.0. The van der Waals surface area contributed by atoms with Crippen molar-refractivity contribution in [3.8, 4) is 28.3 Å². The van der Waals surface area contributed by atoms with Crippen LogP contribution in [0.3, 0.4) is 0 Å². The van der Waals surface area contributed by atoms with Gasteiger partial charge in [0, 0.05) is 22.0 Å². The van der Waals surface area contributed by atoms with Gasteiger partial charge in [-0.1, -0.05) is 133 Å². The summed E-state index contributed by atoms with van der Waals surface area (Å²) in [5, 5.41) is 3.84. The van der Waals surface area contributed by atoms with Gasteiger partial charge >= 0.3 is 5.82 Å². The van der Waals surface area contributed by atoms with Crippen LogP contribution in [-0.4, -0.2) is 12.6 Å². The van der Waals surface area contributed by atoms with Crippen molar-refractivity contribution in [3.05, 3.63) is 149 Å². The number of pyridine rings is 1. The molecule has 5 heteroatoms. The Morgan fingerprint density at radius 1 is 0.806 bits per heavy atom. The minimum atomic E-state index is -1.83. The number of allylic oxidation sites excluding steroid dienone is 1. The standard InChI is InChI=1S/C57H63N3OSi/c1-34-28-35(2)52(36(3)29-34)60-47-20-16-15-19-46(47)59-37(4)53-43(25-22-38-23-26-44-42-18-14-17-21-49(42)61-54(44)51(38)55(59)60)41-27-24-40(57(8,9)10)31-45(41)48-30-39(32-56(5,6)7)50(33-58(48)53)62(11,12)13/h14-21,23-24,26-31,33,43,53H,4,22,25,32H2,1-3,5-13H3/q+2. The summed E-state index contributed by atoms with van der Waals surface area (Å²) in [5.74, 6) is 1.28. The first-order valence-corrected chi connectivity index (χ1v) is 26.3. The Morgan fingerprint density at radius 2 is 1.52 bits per heavy atom. The molecule has 2 aliphatic heterocycles. The highest BCUT2D eigenvalue weighted by Crippen LogP contribution is 2.49. The SMILES string of the molecule is C=C1C2C(CCc3ccc4c(oc5ccccc54)c3-c3n(-c4c(C)cc(C)cc4C)c4ccccc4[n+]31)c1ccc(C(C)(C)C)cc1-c1cc(CC(C)(C)C)c([Si](C)(C)C)c[n+]12. The minimum absolute atomic E-state index is 0.0148. The molecule has 314 valence electrons. The Bertz CT molecular complexity index is 3150. The summed E-state index contributed by atoms with van der Waals surface area (Å²) in [6.45, 7) is 33.8. The normalized spacial score (nSPS) is 16.7. The fourth-order valence-corrected chi connectivity index (χ4v) is 12.9. The molecule has 0 saturated carbocycles. The van der Waals surface area contributed by atoms with Gasteiger partial charge in [-0.2, -0.15) is 13.7 Å². The van der Waals surface area contributed by atoms with E-state index in [1.165, 1.54) is 55.9 Å². The Morgan fingerprint density at radius 3 is 2.23 bits per heavy atom. The van der Waals surface area contributed by atoms with Gasteiger partial charge in [-0.25, -0.2) is 0 Å². The summed E-state index contributed by atoms with van der Waals surface area (Å²) in [7, 11) is -1.83. The summed E-state index contributed by atoms with van der Waals surface area (Å²) < 4.78 is 14.9. The number of hydrogen-bond acceptors (Lipinski definition) is 1. The number of imidazole rings is 1. The number of benzene rings is 5. The van der Waals surface area contributed by atoms with Gasteiger partial charge in [0.15, 0.2) is 28.5 Å². The van der Waals surface area contributed by atoms with Gasteiger partial charge in [0.05, 0.1) is 19.6 Å². The molecule has 3 aromatic heterocycles. The van der Waals surface area contributed by atoms with Crippen LogP contribution in [0.4, 0.5) is 0 Å². The summed E-state index contributed by atoms with van der Waals surface area (Å²) in [5.41, 5.74) is 19.8. The van der Waals surface area contributed by atoms with E-state index in [-0.39, 0.29) is 22.8 Å². The summed E-state index contributed by atoms with van der Waals surface area (Å²) in [6, 6.07) is 36.9. The number of furan rings is 1. The van der Waals surface area contributed by atoms with Crippen molar-refractivity contribution < 1.29 is 13.6 Å². The maximum absolute atomic E-state index is 7.07. The average molecular weight is 834 g/mol. The molecule has 10 rings (SSSR count). The predicted molar refractivity (Wildman–Crippen MR) is 263 cm³/mol. The highest BCUT2D eigenvalue weighted by molar-refractivity contribution is 6.89. The van der Waals surface area contributed by atoms with Crippen molar-refractivity contribution in [2.24, 2.45) is 5.41 Å². The molecule has 0 amide bonds. The maximum Gasteiger partial charge on any atom is 0.304 e. The van der Waals surface area contributed by atoms with Crippen molar-refractivity contribution in [1.29, 1.82) is 0 Å². The number of para-hydroxylation sites is 3. The van der Waals surface area contributed by atoms with E-state index in [2.05, 4.69) is 199 Å². The molecule has 0 radical (unpaired) electrons. The number of aromatic nitrogens is 3. The number of fused-ring (bicyclic) bond motifs is 15. The van der Waals surface area contributed by atoms with E-state index in [0.717, 1.165) is 69.3 Å². The molecule has 5 aromatic carbocycles. The Hall–Kier alpha value is -5.52. The number of aryl methyl sites for hydroxylation is 4. The lowest BCUT2D eigenvalue weighted by molar-refractivity contribution is -0.723. The molecule has 62 heavy (non-hydrogen) atoms. The van der Waals surface area contributed by atoms with Crippen LogP contribution >= 0.6 is 0 Å². The second-order valence-electron chi connectivity index (χ2n) is 21.9. The topological polar surface area (TPSA) is 25.8 Å². The summed E-state index contributed by atoms with van der Waals surface area (Å²) in [6.07, 6.45) is 5.50. The van der Waals surface area contributed by atoms with Gasteiger partial charge in [-0.05, 0) is 115 Å². The van der Waals surface area contributed by atoms with Gasteiger partial charge in [0.2, 0.25) is 11.7 Å². The molecule has 8 aromatic rings. The van der Waals surface area contributed by atoms with Crippen LogP contribution in [0.25, 0.3) is 67.0 Å². The molecule has 2 unspecified atom stereocenters. The monoisotopic (exact) mass is 833 g/mol. The van der Waals surface area contributed by atoms with E-state index in [1.54, 1.807) is 5.19 Å². The van der Waals surface area contributed by atoms with Gasteiger partial charge in [-0.15, -0.1) is 0 Å². The van der Waals surface area contributed by atoms with Gasteiger partial charge < -0.3 is 4.42 Å². The zero-order chi connectivity index (χ0) is 43.8. The van der Waals surface area contributed by atoms with Gasteiger partial charge in [0.1, 0.15) is 16.8 Å². The van der Waals surface area contributed by atoms with Crippen LogP contribution in [0, 0.1) is 26.2 Å². The minimum Gasteiger partial charge on any atom is -0.455 e. The highest BCUT2D eigenvalue weighted by Gasteiger charge is 2.49. The highest BCUT2D eigenvalue weighted by atomic mass is 28.3. The van der Waals surface area contributed by atoms with Crippen molar-refractivity contribution >= 4 is 51.9 Å². The molecule has 0 saturated heterocycles. The molecular formula is C57H63N3OSi+2. The molecule has 0 spiro atoms. The number of rotatable bonds is 3. The predicted octanol–water partition coefficient (Wildman–Crippen LogP) is 13.6. The van der Waals surface area contributed by atoms with E-state index in [4.69, 9.17) is 11.0 Å². The van der Waals surface area contributed by atoms with E-state index >= 15 is 0 Å². The lowest BCUT2D eigenvalue weighted by Crippen LogP contribution is -2.57. The Labute approximate surface area is 369 Å². The maximum atomic E-state index is 7.07. The molecule has 2 atom stereocenters. The van der Waals surface area contributed by atoms with Crippen molar-refractivity contribution in [2.45, 2.75) is 119 Å². The van der Waals surface area contributed by atoms with Crippen molar-refractivity contribution in [1.82, 2.24) is 4.57 Å². The molecule has 0 aliphatic carbocycles.